The number of nitrogens with one attached hydrogen (secondary N) is 1. The van der Waals surface area contributed by atoms with Gasteiger partial charge in [-0.3, -0.25) is 19.9 Å². The molecule has 0 atom stereocenters. The van der Waals surface area contributed by atoms with Crippen LogP contribution in [0.5, 0.6) is 0 Å². The number of aryl methyl sites for hydroxylation is 1. The van der Waals surface area contributed by atoms with Crippen molar-refractivity contribution in [2.45, 2.75) is 6.92 Å². The molecule has 1 aliphatic heterocycles. The number of anilines is 2. The number of carbonyl (C=O) groups is 2. The predicted molar refractivity (Wildman–Crippen MR) is 138 cm³/mol. The third-order valence-corrected chi connectivity index (χ3v) is 6.82. The number of benzene rings is 1. The van der Waals surface area contributed by atoms with Gasteiger partial charge in [-0.05, 0) is 25.1 Å². The van der Waals surface area contributed by atoms with Crippen LogP contribution in [0.1, 0.15) is 15.2 Å². The number of fused-ring (bicyclic) bond motifs is 1. The molecule has 35 heavy (non-hydrogen) atoms. The monoisotopic (exact) mass is 487 g/mol. The maximum absolute atomic E-state index is 13.1. The van der Waals surface area contributed by atoms with Crippen LogP contribution in [-0.4, -0.2) is 64.4 Å². The number of amides is 2. The Labute approximate surface area is 206 Å². The molecular formula is C25H25N7O2S. The summed E-state index contributed by atoms with van der Waals surface area (Å²) in [6.07, 6.45) is 1.64. The van der Waals surface area contributed by atoms with Gasteiger partial charge in [-0.25, -0.2) is 4.98 Å². The fourth-order valence-corrected chi connectivity index (χ4v) is 4.98. The maximum atomic E-state index is 13.1. The van der Waals surface area contributed by atoms with Gasteiger partial charge in [0.05, 0.1) is 23.2 Å². The number of nitrogens with zero attached hydrogens (tertiary/aromatic N) is 5. The van der Waals surface area contributed by atoms with Gasteiger partial charge in [0, 0.05) is 42.8 Å². The molecule has 4 aromatic rings. The van der Waals surface area contributed by atoms with Crippen LogP contribution in [-0.2, 0) is 4.79 Å². The molecule has 1 saturated heterocycles. The summed E-state index contributed by atoms with van der Waals surface area (Å²) < 4.78 is 0. The van der Waals surface area contributed by atoms with Crippen LogP contribution < -0.4 is 16.0 Å². The number of rotatable bonds is 5. The van der Waals surface area contributed by atoms with E-state index in [0.29, 0.717) is 31.7 Å². The van der Waals surface area contributed by atoms with Crippen LogP contribution in [0.25, 0.3) is 21.5 Å². The highest BCUT2D eigenvalue weighted by Gasteiger charge is 2.25. The van der Waals surface area contributed by atoms with Crippen molar-refractivity contribution in [2.24, 2.45) is 5.73 Å². The Morgan fingerprint density at radius 2 is 1.83 bits per heavy atom. The summed E-state index contributed by atoms with van der Waals surface area (Å²) in [5.41, 5.74) is 7.85. The zero-order valence-electron chi connectivity index (χ0n) is 19.3. The molecule has 0 spiro atoms. The molecule has 5 rings (SSSR count). The van der Waals surface area contributed by atoms with Crippen molar-refractivity contribution < 1.29 is 9.59 Å². The lowest BCUT2D eigenvalue weighted by Gasteiger charge is -2.35. The predicted octanol–water partition coefficient (Wildman–Crippen LogP) is 2.92. The zero-order valence-corrected chi connectivity index (χ0v) is 20.1. The highest BCUT2D eigenvalue weighted by Crippen LogP contribution is 2.32. The second-order valence-electron chi connectivity index (χ2n) is 8.28. The lowest BCUT2D eigenvalue weighted by Crippen LogP contribution is -2.49. The minimum atomic E-state index is -0.342. The molecule has 1 fully saturated rings. The Kier molecular flexibility index (Phi) is 6.39. The van der Waals surface area contributed by atoms with Gasteiger partial charge in [0.15, 0.2) is 0 Å². The van der Waals surface area contributed by atoms with Crippen LogP contribution in [0, 0.1) is 6.92 Å². The first-order valence-corrected chi connectivity index (χ1v) is 12.2. The summed E-state index contributed by atoms with van der Waals surface area (Å²) in [4.78, 5) is 44.3. The molecule has 0 radical (unpaired) electrons. The van der Waals surface area contributed by atoms with Gasteiger partial charge in [0.25, 0.3) is 5.91 Å². The van der Waals surface area contributed by atoms with Crippen molar-refractivity contribution >= 4 is 45.1 Å². The Morgan fingerprint density at radius 3 is 2.51 bits per heavy atom. The SMILES string of the molecule is Cc1cc2c(N3CCN(C(=O)c4ccc(-c5ccccc5)nc4)CC3)nc(NC(=O)CN)nc2s1. The van der Waals surface area contributed by atoms with Gasteiger partial charge in [0.2, 0.25) is 11.9 Å². The fourth-order valence-electron chi connectivity index (χ4n) is 4.10. The Balaban J connectivity index is 1.30. The van der Waals surface area contributed by atoms with E-state index in [2.05, 4.69) is 31.2 Å². The van der Waals surface area contributed by atoms with E-state index >= 15 is 0 Å². The number of pyridine rings is 1. The first kappa shape index (κ1) is 22.9. The summed E-state index contributed by atoms with van der Waals surface area (Å²) in [6.45, 7) is 4.22. The lowest BCUT2D eigenvalue weighted by molar-refractivity contribution is -0.114. The standard InChI is InChI=1S/C25H25N7O2S/c1-16-13-19-22(29-25(28-21(33)14-26)30-23(19)35-16)31-9-11-32(12-10-31)24(34)18-7-8-20(27-15-18)17-5-3-2-4-6-17/h2-8,13,15H,9-12,14,26H2,1H3,(H,28,29,30,33). The number of piperazine rings is 1. The molecule has 0 bridgehead atoms. The third kappa shape index (κ3) is 4.84. The van der Waals surface area contributed by atoms with Crippen molar-refractivity contribution in [3.63, 3.8) is 0 Å². The first-order valence-electron chi connectivity index (χ1n) is 11.4. The third-order valence-electron chi connectivity index (χ3n) is 5.88. The van der Waals surface area contributed by atoms with Crippen LogP contribution in [0.3, 0.4) is 0 Å². The van der Waals surface area contributed by atoms with E-state index in [0.717, 1.165) is 32.2 Å². The summed E-state index contributed by atoms with van der Waals surface area (Å²) in [6, 6.07) is 15.7. The van der Waals surface area contributed by atoms with Gasteiger partial charge in [-0.15, -0.1) is 11.3 Å². The molecule has 10 heteroatoms. The topological polar surface area (TPSA) is 117 Å². The molecule has 3 N–H and O–H groups in total. The van der Waals surface area contributed by atoms with E-state index in [1.165, 1.54) is 0 Å². The smallest absolute Gasteiger partial charge is 0.255 e. The van der Waals surface area contributed by atoms with Gasteiger partial charge >= 0.3 is 0 Å². The lowest BCUT2D eigenvalue weighted by atomic mass is 10.1. The number of aromatic nitrogens is 3. The van der Waals surface area contributed by atoms with Gasteiger partial charge in [0.1, 0.15) is 10.6 Å². The molecule has 9 nitrogen and oxygen atoms in total. The zero-order chi connectivity index (χ0) is 24.4. The number of nitrogens with two attached hydrogens (primary N) is 1. The first-order chi connectivity index (χ1) is 17.0. The van der Waals surface area contributed by atoms with Crippen molar-refractivity contribution in [1.29, 1.82) is 0 Å². The summed E-state index contributed by atoms with van der Waals surface area (Å²) in [5.74, 6) is 0.623. The normalized spacial score (nSPS) is 13.8. The van der Waals surface area contributed by atoms with Gasteiger partial charge in [-0.2, -0.15) is 4.98 Å². The van der Waals surface area contributed by atoms with E-state index in [1.807, 2.05) is 54.3 Å². The van der Waals surface area contributed by atoms with E-state index < -0.39 is 0 Å². The molecule has 4 heterocycles. The molecule has 0 saturated carbocycles. The highest BCUT2D eigenvalue weighted by molar-refractivity contribution is 7.18. The minimum absolute atomic E-state index is 0.0353. The molecule has 0 aliphatic carbocycles. The van der Waals surface area contributed by atoms with E-state index in [4.69, 9.17) is 5.73 Å². The Hall–Kier alpha value is -3.89. The molecule has 0 unspecified atom stereocenters. The molecule has 3 aromatic heterocycles. The van der Waals surface area contributed by atoms with Crippen LogP contribution in [0.2, 0.25) is 0 Å². The van der Waals surface area contributed by atoms with Crippen LogP contribution in [0.4, 0.5) is 11.8 Å². The molecule has 2 amide bonds. The average Bonchev–Trinajstić information content (AvgIpc) is 3.28. The molecule has 178 valence electrons. The highest BCUT2D eigenvalue weighted by atomic mass is 32.1. The van der Waals surface area contributed by atoms with Crippen molar-refractivity contribution in [3.05, 3.63) is 65.2 Å². The summed E-state index contributed by atoms with van der Waals surface area (Å²) in [7, 11) is 0. The second kappa shape index (κ2) is 9.77. The van der Waals surface area contributed by atoms with Gasteiger partial charge < -0.3 is 15.5 Å². The molecular weight excluding hydrogens is 462 g/mol. The maximum Gasteiger partial charge on any atom is 0.255 e. The van der Waals surface area contributed by atoms with Crippen molar-refractivity contribution in [1.82, 2.24) is 19.9 Å². The quantitative estimate of drug-likeness (QED) is 0.444. The average molecular weight is 488 g/mol. The number of hydrogen-bond donors (Lipinski definition) is 2. The van der Waals surface area contributed by atoms with Crippen molar-refractivity contribution in [3.8, 4) is 11.3 Å². The Morgan fingerprint density at radius 1 is 1.06 bits per heavy atom. The number of carbonyl (C=O) groups excluding carboxylic acids is 2. The fraction of sp³-hybridized carbons (Fsp3) is 0.240. The molecule has 1 aliphatic rings. The van der Waals surface area contributed by atoms with E-state index in [1.54, 1.807) is 17.5 Å². The largest absolute Gasteiger partial charge is 0.352 e. The van der Waals surface area contributed by atoms with Crippen LogP contribution >= 0.6 is 11.3 Å². The van der Waals surface area contributed by atoms with Crippen LogP contribution in [0.15, 0.2) is 54.7 Å². The van der Waals surface area contributed by atoms with Crippen molar-refractivity contribution in [2.75, 3.05) is 42.9 Å². The van der Waals surface area contributed by atoms with E-state index in [-0.39, 0.29) is 24.3 Å². The van der Waals surface area contributed by atoms with Gasteiger partial charge in [-0.1, -0.05) is 30.3 Å². The Bertz CT molecular complexity index is 1360. The number of thiophene rings is 1. The summed E-state index contributed by atoms with van der Waals surface area (Å²) in [5, 5.41) is 3.60. The van der Waals surface area contributed by atoms with E-state index in [9.17, 15) is 9.59 Å². The minimum Gasteiger partial charge on any atom is -0.352 e. The molecule has 1 aromatic carbocycles. The second-order valence-corrected chi connectivity index (χ2v) is 9.51. The summed E-state index contributed by atoms with van der Waals surface area (Å²) >= 11 is 1.55. The number of hydrogen-bond acceptors (Lipinski definition) is 8.